The zero-order chi connectivity index (χ0) is 20.9. The van der Waals surface area contributed by atoms with Crippen LogP contribution in [0, 0.1) is 0 Å². The minimum absolute atomic E-state index is 0.0720. The van der Waals surface area contributed by atoms with Gasteiger partial charge in [-0.05, 0) is 29.8 Å². The summed E-state index contributed by atoms with van der Waals surface area (Å²) in [6.07, 6.45) is 2.95. The number of nitrogens with one attached hydrogen (secondary N) is 2. The van der Waals surface area contributed by atoms with Crippen molar-refractivity contribution in [3.8, 4) is 0 Å². The fourth-order valence-corrected chi connectivity index (χ4v) is 3.12. The van der Waals surface area contributed by atoms with Crippen molar-refractivity contribution in [2.75, 3.05) is 42.2 Å². The van der Waals surface area contributed by atoms with Crippen molar-refractivity contribution in [2.24, 2.45) is 0 Å². The minimum atomic E-state index is -0.299. The van der Waals surface area contributed by atoms with Crippen LogP contribution in [0.1, 0.15) is 16.1 Å². The topological polar surface area (TPSA) is 104 Å². The number of hydrogen-bond acceptors (Lipinski definition) is 7. The molecule has 1 aliphatic rings. The number of rotatable bonds is 6. The molecule has 1 saturated heterocycles. The smallest absolute Gasteiger partial charge is 0.291 e. The van der Waals surface area contributed by atoms with Gasteiger partial charge < -0.3 is 24.9 Å². The molecule has 0 spiro atoms. The summed E-state index contributed by atoms with van der Waals surface area (Å²) in [6, 6.07) is 12.6. The average molecular weight is 406 g/mol. The second kappa shape index (κ2) is 8.64. The number of piperazine rings is 1. The van der Waals surface area contributed by atoms with Crippen LogP contribution in [-0.2, 0) is 11.3 Å². The molecule has 3 heterocycles. The molecule has 0 saturated carbocycles. The third-order valence-corrected chi connectivity index (χ3v) is 4.84. The number of aromatic nitrogens is 2. The van der Waals surface area contributed by atoms with E-state index in [1.54, 1.807) is 24.1 Å². The zero-order valence-electron chi connectivity index (χ0n) is 16.5. The first-order valence-electron chi connectivity index (χ1n) is 9.57. The Morgan fingerprint density at radius 2 is 2.07 bits per heavy atom. The molecule has 2 N–H and O–H groups in total. The van der Waals surface area contributed by atoms with Gasteiger partial charge in [-0.2, -0.15) is 0 Å². The van der Waals surface area contributed by atoms with Crippen molar-refractivity contribution >= 4 is 29.1 Å². The molecule has 1 aliphatic heterocycles. The van der Waals surface area contributed by atoms with E-state index in [1.807, 2.05) is 35.2 Å². The maximum atomic E-state index is 12.1. The van der Waals surface area contributed by atoms with Crippen LogP contribution in [0.4, 0.5) is 17.3 Å². The number of anilines is 3. The summed E-state index contributed by atoms with van der Waals surface area (Å²) in [4.78, 5) is 36.3. The average Bonchev–Trinajstić information content (AvgIpc) is 3.30. The van der Waals surface area contributed by atoms with Gasteiger partial charge in [0.1, 0.15) is 18.0 Å². The van der Waals surface area contributed by atoms with Crippen molar-refractivity contribution in [1.82, 2.24) is 14.9 Å². The largest absolute Gasteiger partial charge is 0.459 e. The molecule has 0 atom stereocenters. The van der Waals surface area contributed by atoms with Crippen LogP contribution < -0.4 is 15.5 Å². The van der Waals surface area contributed by atoms with Gasteiger partial charge in [-0.3, -0.25) is 9.59 Å². The number of nitrogens with zero attached hydrogens (tertiary/aromatic N) is 4. The first kappa shape index (κ1) is 19.4. The van der Waals surface area contributed by atoms with Crippen molar-refractivity contribution in [2.45, 2.75) is 6.54 Å². The zero-order valence-corrected chi connectivity index (χ0v) is 16.5. The Balaban J connectivity index is 1.38. The maximum Gasteiger partial charge on any atom is 0.291 e. The fourth-order valence-electron chi connectivity index (χ4n) is 3.12. The van der Waals surface area contributed by atoms with Crippen molar-refractivity contribution in [3.05, 3.63) is 66.4 Å². The van der Waals surface area contributed by atoms with Gasteiger partial charge in [0.05, 0.1) is 12.8 Å². The number of carbonyl (C=O) groups is 2. The summed E-state index contributed by atoms with van der Waals surface area (Å²) in [6.45, 7) is 2.23. The van der Waals surface area contributed by atoms with E-state index in [2.05, 4.69) is 20.6 Å². The minimum Gasteiger partial charge on any atom is -0.459 e. The Bertz CT molecular complexity index is 1040. The Kier molecular flexibility index (Phi) is 5.60. The normalized spacial score (nSPS) is 14.0. The molecule has 0 bridgehead atoms. The number of hydrogen-bond donors (Lipinski definition) is 2. The van der Waals surface area contributed by atoms with E-state index >= 15 is 0 Å². The first-order valence-corrected chi connectivity index (χ1v) is 9.57. The molecule has 0 unspecified atom stereocenters. The Morgan fingerprint density at radius 3 is 2.87 bits per heavy atom. The second-order valence-corrected chi connectivity index (χ2v) is 6.98. The second-order valence-electron chi connectivity index (χ2n) is 6.98. The van der Waals surface area contributed by atoms with Crippen LogP contribution in [-0.4, -0.2) is 53.4 Å². The lowest BCUT2D eigenvalue weighted by molar-refractivity contribution is -0.129. The van der Waals surface area contributed by atoms with E-state index in [4.69, 9.17) is 4.42 Å². The predicted octanol–water partition coefficient (Wildman–Crippen LogP) is 2.21. The van der Waals surface area contributed by atoms with Gasteiger partial charge in [-0.15, -0.1) is 0 Å². The SMILES string of the molecule is CN1CCN(c2cc(NCc3cccc(NC(=O)c4ccco4)c3)ncn2)CC1=O. The quantitative estimate of drug-likeness (QED) is 0.647. The van der Waals surface area contributed by atoms with Gasteiger partial charge in [0.15, 0.2) is 5.76 Å². The highest BCUT2D eigenvalue weighted by Crippen LogP contribution is 2.18. The van der Waals surface area contributed by atoms with Crippen LogP contribution in [0.3, 0.4) is 0 Å². The lowest BCUT2D eigenvalue weighted by Crippen LogP contribution is -2.48. The van der Waals surface area contributed by atoms with Crippen LogP contribution in [0.15, 0.2) is 59.5 Å². The van der Waals surface area contributed by atoms with E-state index in [0.717, 1.165) is 12.1 Å². The number of amides is 2. The Labute approximate surface area is 173 Å². The predicted molar refractivity (Wildman–Crippen MR) is 112 cm³/mol. The molecule has 154 valence electrons. The first-order chi connectivity index (χ1) is 14.6. The highest BCUT2D eigenvalue weighted by Gasteiger charge is 2.22. The molecule has 9 nitrogen and oxygen atoms in total. The van der Waals surface area contributed by atoms with Crippen molar-refractivity contribution in [3.63, 3.8) is 0 Å². The van der Waals surface area contributed by atoms with Crippen molar-refractivity contribution in [1.29, 1.82) is 0 Å². The Hall–Kier alpha value is -3.88. The van der Waals surface area contributed by atoms with Gasteiger partial charge in [-0.1, -0.05) is 12.1 Å². The monoisotopic (exact) mass is 406 g/mol. The molecule has 3 aromatic rings. The summed E-state index contributed by atoms with van der Waals surface area (Å²) >= 11 is 0. The molecular weight excluding hydrogens is 384 g/mol. The van der Waals surface area contributed by atoms with E-state index in [-0.39, 0.29) is 17.6 Å². The van der Waals surface area contributed by atoms with Crippen molar-refractivity contribution < 1.29 is 14.0 Å². The molecular formula is C21H22N6O3. The molecule has 30 heavy (non-hydrogen) atoms. The van der Waals surface area contributed by atoms with Crippen LogP contribution in [0.2, 0.25) is 0 Å². The lowest BCUT2D eigenvalue weighted by atomic mass is 10.2. The van der Waals surface area contributed by atoms with E-state index in [0.29, 0.717) is 37.0 Å². The number of carbonyl (C=O) groups excluding carboxylic acids is 2. The summed E-state index contributed by atoms with van der Waals surface area (Å²) < 4.78 is 5.11. The van der Waals surface area contributed by atoms with Gasteiger partial charge in [-0.25, -0.2) is 9.97 Å². The summed E-state index contributed by atoms with van der Waals surface area (Å²) in [5, 5.41) is 6.08. The summed E-state index contributed by atoms with van der Waals surface area (Å²) in [5.41, 5.74) is 1.65. The lowest BCUT2D eigenvalue weighted by Gasteiger charge is -2.32. The van der Waals surface area contributed by atoms with Gasteiger partial charge in [0.2, 0.25) is 5.91 Å². The highest BCUT2D eigenvalue weighted by molar-refractivity contribution is 6.02. The molecule has 0 radical (unpaired) electrons. The summed E-state index contributed by atoms with van der Waals surface area (Å²) in [5.74, 6) is 1.41. The van der Waals surface area contributed by atoms with Gasteiger partial charge in [0.25, 0.3) is 5.91 Å². The molecule has 2 aromatic heterocycles. The molecule has 0 aliphatic carbocycles. The van der Waals surface area contributed by atoms with Gasteiger partial charge >= 0.3 is 0 Å². The Morgan fingerprint density at radius 1 is 1.17 bits per heavy atom. The number of furan rings is 1. The molecule has 1 fully saturated rings. The molecule has 4 rings (SSSR count). The van der Waals surface area contributed by atoms with Gasteiger partial charge in [0, 0.05) is 38.4 Å². The third-order valence-electron chi connectivity index (χ3n) is 4.84. The van der Waals surface area contributed by atoms with E-state index < -0.39 is 0 Å². The van der Waals surface area contributed by atoms with E-state index in [9.17, 15) is 9.59 Å². The fraction of sp³-hybridized carbons (Fsp3) is 0.238. The number of benzene rings is 1. The van der Waals surface area contributed by atoms with Crippen LogP contribution in [0.25, 0.3) is 0 Å². The molecule has 2 amide bonds. The molecule has 1 aromatic carbocycles. The maximum absolute atomic E-state index is 12.1. The standard InChI is InChI=1S/C21H22N6O3/c1-26-7-8-27(13-20(26)28)19-11-18(23-14-24-19)22-12-15-4-2-5-16(10-15)25-21(29)17-6-3-9-30-17/h2-6,9-11,14H,7-8,12-13H2,1H3,(H,25,29)(H,22,23,24). The van der Waals surface area contributed by atoms with E-state index in [1.165, 1.54) is 12.6 Å². The highest BCUT2D eigenvalue weighted by atomic mass is 16.3. The van der Waals surface area contributed by atoms with Crippen LogP contribution >= 0.6 is 0 Å². The van der Waals surface area contributed by atoms with Crippen LogP contribution in [0.5, 0.6) is 0 Å². The third kappa shape index (κ3) is 4.57. The molecule has 9 heteroatoms. The number of likely N-dealkylation sites (N-methyl/N-ethyl adjacent to an activating group) is 1. The summed E-state index contributed by atoms with van der Waals surface area (Å²) in [7, 11) is 1.80.